The number of methoxy groups -OCH3 is 1. The molecule has 0 aliphatic rings. The zero-order valence-electron chi connectivity index (χ0n) is 15.7. The topological polar surface area (TPSA) is 67.9 Å². The van der Waals surface area contributed by atoms with E-state index in [0.717, 1.165) is 5.69 Å². The van der Waals surface area contributed by atoms with Crippen molar-refractivity contribution in [3.63, 3.8) is 0 Å². The highest BCUT2D eigenvalue weighted by Crippen LogP contribution is 2.12. The largest absolute Gasteiger partial charge is 0.467 e. The smallest absolute Gasteiger partial charge is 0.242 e. The van der Waals surface area contributed by atoms with Crippen LogP contribution >= 0.6 is 0 Å². The Balaban J connectivity index is 2.12. The number of hydrogen-bond acceptors (Lipinski definition) is 4. The number of rotatable bonds is 10. The van der Waals surface area contributed by atoms with Gasteiger partial charge in [0, 0.05) is 39.0 Å². The molecule has 2 heterocycles. The zero-order valence-corrected chi connectivity index (χ0v) is 15.7. The van der Waals surface area contributed by atoms with Gasteiger partial charge in [0.1, 0.15) is 5.76 Å². The van der Waals surface area contributed by atoms with E-state index in [1.165, 1.54) is 0 Å². The Morgan fingerprint density at radius 3 is 2.54 bits per heavy atom. The fourth-order valence-electron chi connectivity index (χ4n) is 2.66. The van der Waals surface area contributed by atoms with E-state index in [1.54, 1.807) is 36.2 Å². The lowest BCUT2D eigenvalue weighted by Gasteiger charge is -2.27. The van der Waals surface area contributed by atoms with E-state index in [4.69, 9.17) is 9.15 Å². The normalized spacial score (nSPS) is 10.7. The summed E-state index contributed by atoms with van der Waals surface area (Å²) in [6.07, 6.45) is 3.88. The molecule has 2 rings (SSSR count). The van der Waals surface area contributed by atoms with Crippen LogP contribution in [-0.2, 0) is 34.5 Å². The first kappa shape index (κ1) is 19.8. The SMILES string of the molecule is CCC(=O)N(CCOC)CC(=O)N(Cc1ccco1)Cc1cccn1C. The van der Waals surface area contributed by atoms with Crippen LogP contribution in [0.5, 0.6) is 0 Å². The molecule has 0 bridgehead atoms. The van der Waals surface area contributed by atoms with Crippen molar-refractivity contribution in [2.75, 3.05) is 26.8 Å². The zero-order chi connectivity index (χ0) is 18.9. The molecular weight excluding hydrogens is 334 g/mol. The lowest BCUT2D eigenvalue weighted by Crippen LogP contribution is -2.43. The molecule has 0 saturated heterocycles. The fourth-order valence-corrected chi connectivity index (χ4v) is 2.66. The summed E-state index contributed by atoms with van der Waals surface area (Å²) in [5, 5.41) is 0. The summed E-state index contributed by atoms with van der Waals surface area (Å²) >= 11 is 0. The first-order valence-corrected chi connectivity index (χ1v) is 8.72. The Bertz CT molecular complexity index is 693. The summed E-state index contributed by atoms with van der Waals surface area (Å²) in [4.78, 5) is 28.3. The van der Waals surface area contributed by atoms with Crippen molar-refractivity contribution in [3.05, 3.63) is 48.2 Å². The molecule has 0 N–H and O–H groups in total. The third-order valence-electron chi connectivity index (χ3n) is 4.23. The Morgan fingerprint density at radius 1 is 1.15 bits per heavy atom. The summed E-state index contributed by atoms with van der Waals surface area (Å²) in [7, 11) is 3.52. The van der Waals surface area contributed by atoms with Gasteiger partial charge in [0.2, 0.25) is 11.8 Å². The van der Waals surface area contributed by atoms with Crippen LogP contribution in [0.3, 0.4) is 0 Å². The number of ether oxygens (including phenoxy) is 1. The molecule has 2 aromatic rings. The monoisotopic (exact) mass is 361 g/mol. The standard InChI is InChI=1S/C19H27N3O4/c1-4-18(23)21(10-12-25-3)15-19(24)22(14-17-8-6-11-26-17)13-16-7-5-9-20(16)2/h5-9,11H,4,10,12-15H2,1-3H3. The minimum atomic E-state index is -0.125. The molecule has 0 aliphatic heterocycles. The van der Waals surface area contributed by atoms with Gasteiger partial charge in [0.05, 0.1) is 32.5 Å². The van der Waals surface area contributed by atoms with Crippen LogP contribution in [0.15, 0.2) is 41.1 Å². The van der Waals surface area contributed by atoms with Gasteiger partial charge in [-0.15, -0.1) is 0 Å². The fraction of sp³-hybridized carbons (Fsp3) is 0.474. The van der Waals surface area contributed by atoms with Gasteiger partial charge in [0.25, 0.3) is 0 Å². The van der Waals surface area contributed by atoms with Crippen LogP contribution in [0.4, 0.5) is 0 Å². The summed E-state index contributed by atoms with van der Waals surface area (Å²) in [6.45, 7) is 3.41. The van der Waals surface area contributed by atoms with Crippen molar-refractivity contribution in [1.82, 2.24) is 14.4 Å². The number of hydrogen-bond donors (Lipinski definition) is 0. The molecule has 0 spiro atoms. The minimum Gasteiger partial charge on any atom is -0.467 e. The van der Waals surface area contributed by atoms with E-state index < -0.39 is 0 Å². The van der Waals surface area contributed by atoms with Gasteiger partial charge in [-0.25, -0.2) is 0 Å². The van der Waals surface area contributed by atoms with Crippen molar-refractivity contribution in [3.8, 4) is 0 Å². The summed E-state index contributed by atoms with van der Waals surface area (Å²) < 4.78 is 12.4. The lowest BCUT2D eigenvalue weighted by atomic mass is 10.3. The molecule has 0 atom stereocenters. The average molecular weight is 361 g/mol. The molecule has 2 amide bonds. The number of aromatic nitrogens is 1. The predicted molar refractivity (Wildman–Crippen MR) is 97.1 cm³/mol. The molecular formula is C19H27N3O4. The number of aryl methyl sites for hydroxylation is 1. The van der Waals surface area contributed by atoms with Crippen LogP contribution in [-0.4, -0.2) is 53.0 Å². The Kier molecular flexibility index (Phi) is 7.47. The maximum absolute atomic E-state index is 12.9. The van der Waals surface area contributed by atoms with E-state index >= 15 is 0 Å². The number of carbonyl (C=O) groups is 2. The minimum absolute atomic E-state index is 0.0289. The van der Waals surface area contributed by atoms with Gasteiger partial charge in [-0.3, -0.25) is 9.59 Å². The molecule has 7 nitrogen and oxygen atoms in total. The van der Waals surface area contributed by atoms with Crippen molar-refractivity contribution < 1.29 is 18.7 Å². The molecule has 0 saturated carbocycles. The van der Waals surface area contributed by atoms with Crippen molar-refractivity contribution in [2.45, 2.75) is 26.4 Å². The molecule has 142 valence electrons. The molecule has 0 aromatic carbocycles. The van der Waals surface area contributed by atoms with E-state index in [-0.39, 0.29) is 18.4 Å². The van der Waals surface area contributed by atoms with E-state index in [0.29, 0.717) is 38.4 Å². The molecule has 0 unspecified atom stereocenters. The van der Waals surface area contributed by atoms with Crippen molar-refractivity contribution in [1.29, 1.82) is 0 Å². The molecule has 2 aromatic heterocycles. The van der Waals surface area contributed by atoms with Gasteiger partial charge >= 0.3 is 0 Å². The second-order valence-electron chi connectivity index (χ2n) is 6.10. The van der Waals surface area contributed by atoms with Gasteiger partial charge in [-0.2, -0.15) is 0 Å². The number of nitrogens with zero attached hydrogens (tertiary/aromatic N) is 3. The lowest BCUT2D eigenvalue weighted by molar-refractivity contribution is -0.141. The van der Waals surface area contributed by atoms with Gasteiger partial charge in [-0.1, -0.05) is 6.92 Å². The maximum atomic E-state index is 12.9. The van der Waals surface area contributed by atoms with Gasteiger partial charge in [-0.05, 0) is 24.3 Å². The van der Waals surface area contributed by atoms with Crippen molar-refractivity contribution >= 4 is 11.8 Å². The summed E-state index contributed by atoms with van der Waals surface area (Å²) in [5.41, 5.74) is 1.01. The first-order valence-electron chi connectivity index (χ1n) is 8.72. The molecule has 26 heavy (non-hydrogen) atoms. The quantitative estimate of drug-likeness (QED) is 0.649. The molecule has 0 radical (unpaired) electrons. The van der Waals surface area contributed by atoms with Gasteiger partial charge < -0.3 is 23.5 Å². The maximum Gasteiger partial charge on any atom is 0.242 e. The summed E-state index contributed by atoms with van der Waals surface area (Å²) in [5.74, 6) is 0.519. The van der Waals surface area contributed by atoms with Crippen LogP contribution in [0.25, 0.3) is 0 Å². The molecule has 0 aliphatic carbocycles. The highest BCUT2D eigenvalue weighted by atomic mass is 16.5. The summed E-state index contributed by atoms with van der Waals surface area (Å²) in [6, 6.07) is 7.55. The number of furan rings is 1. The second-order valence-corrected chi connectivity index (χ2v) is 6.10. The molecule has 0 fully saturated rings. The molecule has 7 heteroatoms. The average Bonchev–Trinajstić information content (AvgIpc) is 3.29. The van der Waals surface area contributed by atoms with Gasteiger partial charge in [0.15, 0.2) is 0 Å². The van der Waals surface area contributed by atoms with Crippen LogP contribution in [0, 0.1) is 0 Å². The van der Waals surface area contributed by atoms with Crippen LogP contribution in [0.1, 0.15) is 24.8 Å². The van der Waals surface area contributed by atoms with E-state index in [1.807, 2.05) is 36.0 Å². The number of amides is 2. The first-order chi connectivity index (χ1) is 12.5. The third-order valence-corrected chi connectivity index (χ3v) is 4.23. The third kappa shape index (κ3) is 5.49. The second kappa shape index (κ2) is 9.82. The predicted octanol–water partition coefficient (Wildman–Crippen LogP) is 2.03. The van der Waals surface area contributed by atoms with Crippen LogP contribution < -0.4 is 0 Å². The highest BCUT2D eigenvalue weighted by molar-refractivity contribution is 5.84. The van der Waals surface area contributed by atoms with Crippen molar-refractivity contribution in [2.24, 2.45) is 7.05 Å². The highest BCUT2D eigenvalue weighted by Gasteiger charge is 2.22. The Hall–Kier alpha value is -2.54. The number of carbonyl (C=O) groups excluding carboxylic acids is 2. The van der Waals surface area contributed by atoms with E-state index in [2.05, 4.69) is 0 Å². The van der Waals surface area contributed by atoms with E-state index in [9.17, 15) is 9.59 Å². The Morgan fingerprint density at radius 2 is 1.96 bits per heavy atom. The van der Waals surface area contributed by atoms with Crippen LogP contribution in [0.2, 0.25) is 0 Å². The Labute approximate surface area is 154 Å².